The van der Waals surface area contributed by atoms with E-state index in [1.807, 2.05) is 0 Å². The predicted molar refractivity (Wildman–Crippen MR) is 91.4 cm³/mol. The van der Waals surface area contributed by atoms with E-state index in [9.17, 15) is 29.4 Å². The van der Waals surface area contributed by atoms with Gasteiger partial charge in [-0.1, -0.05) is 6.07 Å². The standard InChI is InChI=1S/C17H20N2O6S/c1-16(2,3)19-13(22)10-11(14(19)23)17(15(24)25,7-9(20)21)18-12(10)8-5-4-6-26-8/h4-6,10-12,18H,7H2,1-3H3,(H,20,21)(H,24,25). The topological polar surface area (TPSA) is 124 Å². The van der Waals surface area contributed by atoms with Crippen molar-refractivity contribution in [2.45, 2.75) is 44.3 Å². The van der Waals surface area contributed by atoms with Gasteiger partial charge in [0.2, 0.25) is 11.8 Å². The first kappa shape index (κ1) is 18.5. The molecule has 0 bridgehead atoms. The molecule has 3 heterocycles. The lowest BCUT2D eigenvalue weighted by Gasteiger charge is -2.34. The molecule has 2 saturated heterocycles. The molecule has 8 nitrogen and oxygen atoms in total. The van der Waals surface area contributed by atoms with E-state index in [4.69, 9.17) is 0 Å². The number of nitrogens with zero attached hydrogens (tertiary/aromatic N) is 1. The summed E-state index contributed by atoms with van der Waals surface area (Å²) in [6, 6.07) is 2.78. The number of hydrogen-bond acceptors (Lipinski definition) is 6. The Hall–Kier alpha value is -2.26. The lowest BCUT2D eigenvalue weighted by molar-refractivity contribution is -0.157. The molecule has 2 amide bonds. The van der Waals surface area contributed by atoms with E-state index < -0.39 is 59.1 Å². The van der Waals surface area contributed by atoms with Crippen molar-refractivity contribution in [3.8, 4) is 0 Å². The molecule has 0 aliphatic carbocycles. The molecule has 0 saturated carbocycles. The lowest BCUT2D eigenvalue weighted by Crippen LogP contribution is -2.58. The molecule has 140 valence electrons. The van der Waals surface area contributed by atoms with Gasteiger partial charge >= 0.3 is 11.9 Å². The third-order valence-electron chi connectivity index (χ3n) is 4.99. The highest BCUT2D eigenvalue weighted by Crippen LogP contribution is 2.52. The zero-order valence-electron chi connectivity index (χ0n) is 14.6. The fourth-order valence-electron chi connectivity index (χ4n) is 4.05. The number of hydrogen-bond donors (Lipinski definition) is 3. The summed E-state index contributed by atoms with van der Waals surface area (Å²) < 4.78 is 0. The van der Waals surface area contributed by atoms with E-state index in [2.05, 4.69) is 5.32 Å². The van der Waals surface area contributed by atoms with Crippen molar-refractivity contribution in [2.24, 2.45) is 11.8 Å². The number of carboxylic acid groups (broad SMARTS) is 2. The van der Waals surface area contributed by atoms with Gasteiger partial charge in [-0.2, -0.15) is 0 Å². The van der Waals surface area contributed by atoms with Crippen molar-refractivity contribution in [3.63, 3.8) is 0 Å². The molecule has 2 fully saturated rings. The molecule has 26 heavy (non-hydrogen) atoms. The number of amides is 2. The number of likely N-dealkylation sites (tertiary alicyclic amines) is 1. The molecular weight excluding hydrogens is 360 g/mol. The highest BCUT2D eigenvalue weighted by Gasteiger charge is 2.70. The first-order valence-electron chi connectivity index (χ1n) is 8.15. The number of thiophene rings is 1. The first-order chi connectivity index (χ1) is 12.0. The van der Waals surface area contributed by atoms with Gasteiger partial charge in [-0.05, 0) is 32.2 Å². The number of carbonyl (C=O) groups is 4. The third kappa shape index (κ3) is 2.53. The van der Waals surface area contributed by atoms with E-state index >= 15 is 0 Å². The van der Waals surface area contributed by atoms with Crippen LogP contribution in [0.5, 0.6) is 0 Å². The fourth-order valence-corrected chi connectivity index (χ4v) is 4.87. The Kier molecular flexibility index (Phi) is 4.19. The van der Waals surface area contributed by atoms with E-state index in [0.29, 0.717) is 4.88 Å². The zero-order chi connectivity index (χ0) is 19.4. The minimum atomic E-state index is -2.03. The number of imide groups is 1. The van der Waals surface area contributed by atoms with Gasteiger partial charge in [0.05, 0.1) is 24.3 Å². The second-order valence-corrected chi connectivity index (χ2v) is 8.65. The van der Waals surface area contributed by atoms with Gasteiger partial charge in [-0.3, -0.25) is 29.4 Å². The summed E-state index contributed by atoms with van der Waals surface area (Å²) in [7, 11) is 0. The van der Waals surface area contributed by atoms with Gasteiger partial charge < -0.3 is 10.2 Å². The number of aliphatic carboxylic acids is 2. The van der Waals surface area contributed by atoms with Gasteiger partial charge in [0.25, 0.3) is 0 Å². The molecule has 3 N–H and O–H groups in total. The molecular formula is C17H20N2O6S. The molecule has 2 aliphatic rings. The molecule has 1 aromatic rings. The van der Waals surface area contributed by atoms with Crippen LogP contribution in [0.25, 0.3) is 0 Å². The maximum Gasteiger partial charge on any atom is 0.325 e. The minimum Gasteiger partial charge on any atom is -0.481 e. The van der Waals surface area contributed by atoms with Crippen molar-refractivity contribution in [2.75, 3.05) is 0 Å². The SMILES string of the molecule is CC(C)(C)N1C(=O)C2C(c3cccs3)NC(CC(=O)O)(C(=O)O)C2C1=O. The number of carbonyl (C=O) groups excluding carboxylic acids is 2. The van der Waals surface area contributed by atoms with Gasteiger partial charge in [-0.15, -0.1) is 11.3 Å². The monoisotopic (exact) mass is 380 g/mol. The number of nitrogens with one attached hydrogen (secondary N) is 1. The van der Waals surface area contributed by atoms with Crippen molar-refractivity contribution in [1.82, 2.24) is 10.2 Å². The maximum absolute atomic E-state index is 13.1. The molecule has 0 aromatic carbocycles. The molecule has 3 rings (SSSR count). The van der Waals surface area contributed by atoms with Gasteiger partial charge in [0.1, 0.15) is 5.54 Å². The third-order valence-corrected chi connectivity index (χ3v) is 5.94. The average molecular weight is 380 g/mol. The van der Waals surface area contributed by atoms with Crippen LogP contribution in [-0.4, -0.2) is 49.9 Å². The molecule has 1 aromatic heterocycles. The van der Waals surface area contributed by atoms with E-state index in [1.165, 1.54) is 11.3 Å². The summed E-state index contributed by atoms with van der Waals surface area (Å²) in [4.78, 5) is 51.5. The fraction of sp³-hybridized carbons (Fsp3) is 0.529. The Morgan fingerprint density at radius 3 is 2.38 bits per heavy atom. The molecule has 4 atom stereocenters. The van der Waals surface area contributed by atoms with Crippen LogP contribution in [0.15, 0.2) is 17.5 Å². The van der Waals surface area contributed by atoms with Crippen LogP contribution in [0.3, 0.4) is 0 Å². The van der Waals surface area contributed by atoms with Gasteiger partial charge in [-0.25, -0.2) is 0 Å². The summed E-state index contributed by atoms with van der Waals surface area (Å²) >= 11 is 1.33. The molecule has 4 unspecified atom stereocenters. The van der Waals surface area contributed by atoms with Crippen LogP contribution in [0.4, 0.5) is 0 Å². The number of fused-ring (bicyclic) bond motifs is 1. The summed E-state index contributed by atoms with van der Waals surface area (Å²) in [5, 5.41) is 23.8. The first-order valence-corrected chi connectivity index (χ1v) is 9.03. The smallest absolute Gasteiger partial charge is 0.325 e. The summed E-state index contributed by atoms with van der Waals surface area (Å²) in [6.45, 7) is 5.07. The Morgan fingerprint density at radius 2 is 1.92 bits per heavy atom. The van der Waals surface area contributed by atoms with Crippen molar-refractivity contribution >= 4 is 35.1 Å². The van der Waals surface area contributed by atoms with Crippen molar-refractivity contribution < 1.29 is 29.4 Å². The largest absolute Gasteiger partial charge is 0.481 e. The molecule has 0 spiro atoms. The van der Waals surface area contributed by atoms with Gasteiger partial charge in [0.15, 0.2) is 0 Å². The molecule has 0 radical (unpaired) electrons. The van der Waals surface area contributed by atoms with E-state index in [-0.39, 0.29) is 0 Å². The Morgan fingerprint density at radius 1 is 1.27 bits per heavy atom. The highest BCUT2D eigenvalue weighted by atomic mass is 32.1. The maximum atomic E-state index is 13.1. The Labute approximate surface area is 153 Å². The number of carboxylic acids is 2. The van der Waals surface area contributed by atoms with Crippen LogP contribution >= 0.6 is 11.3 Å². The van der Waals surface area contributed by atoms with Crippen LogP contribution in [0.1, 0.15) is 38.1 Å². The van der Waals surface area contributed by atoms with Crippen LogP contribution < -0.4 is 5.32 Å². The highest BCUT2D eigenvalue weighted by molar-refractivity contribution is 7.10. The lowest BCUT2D eigenvalue weighted by atomic mass is 9.78. The van der Waals surface area contributed by atoms with Crippen LogP contribution in [0, 0.1) is 11.8 Å². The minimum absolute atomic E-state index is 0.466. The molecule has 2 aliphatic heterocycles. The second-order valence-electron chi connectivity index (χ2n) is 7.67. The second kappa shape index (κ2) is 5.88. The van der Waals surface area contributed by atoms with Crippen molar-refractivity contribution in [1.29, 1.82) is 0 Å². The normalized spacial score (nSPS) is 31.3. The summed E-state index contributed by atoms with van der Waals surface area (Å²) in [5.41, 5.74) is -2.86. The van der Waals surface area contributed by atoms with Crippen LogP contribution in [-0.2, 0) is 19.2 Å². The van der Waals surface area contributed by atoms with Crippen LogP contribution in [0.2, 0.25) is 0 Å². The van der Waals surface area contributed by atoms with Gasteiger partial charge in [0, 0.05) is 10.4 Å². The van der Waals surface area contributed by atoms with Crippen molar-refractivity contribution in [3.05, 3.63) is 22.4 Å². The Balaban J connectivity index is 2.18. The summed E-state index contributed by atoms with van der Waals surface area (Å²) in [6.07, 6.45) is -0.789. The predicted octanol–water partition coefficient (Wildman–Crippen LogP) is 1.09. The number of rotatable bonds is 4. The average Bonchev–Trinajstić information content (AvgIpc) is 3.15. The van der Waals surface area contributed by atoms with E-state index in [0.717, 1.165) is 4.90 Å². The van der Waals surface area contributed by atoms with E-state index in [1.54, 1.807) is 38.3 Å². The summed E-state index contributed by atoms with van der Waals surface area (Å²) in [5.74, 6) is -6.11. The zero-order valence-corrected chi connectivity index (χ0v) is 15.4. The Bertz CT molecular complexity index is 784. The quantitative estimate of drug-likeness (QED) is 0.668. The molecule has 9 heteroatoms.